The SMILES string of the molecule is CC(=O)CCC(=O)C1CC2C=CC1CC2. The zero-order valence-corrected chi connectivity index (χ0v) is 9.24. The first-order valence-corrected chi connectivity index (χ1v) is 5.87. The van der Waals surface area contributed by atoms with E-state index in [1.165, 1.54) is 6.42 Å². The molecule has 3 aliphatic rings. The Morgan fingerprint density at radius 2 is 2.00 bits per heavy atom. The summed E-state index contributed by atoms with van der Waals surface area (Å²) in [6, 6.07) is 0. The number of rotatable bonds is 4. The van der Waals surface area contributed by atoms with E-state index in [4.69, 9.17) is 0 Å². The van der Waals surface area contributed by atoms with E-state index in [1.807, 2.05) is 0 Å². The summed E-state index contributed by atoms with van der Waals surface area (Å²) in [6.07, 6.45) is 8.80. The minimum Gasteiger partial charge on any atom is -0.300 e. The van der Waals surface area contributed by atoms with E-state index in [0.29, 0.717) is 30.5 Å². The van der Waals surface area contributed by atoms with Gasteiger partial charge in [0.25, 0.3) is 0 Å². The molecule has 15 heavy (non-hydrogen) atoms. The van der Waals surface area contributed by atoms with Crippen LogP contribution in [0.5, 0.6) is 0 Å². The van der Waals surface area contributed by atoms with E-state index in [2.05, 4.69) is 12.2 Å². The van der Waals surface area contributed by atoms with Crippen molar-refractivity contribution in [1.82, 2.24) is 0 Å². The van der Waals surface area contributed by atoms with E-state index in [-0.39, 0.29) is 11.7 Å². The van der Waals surface area contributed by atoms with Gasteiger partial charge in [0.1, 0.15) is 11.6 Å². The summed E-state index contributed by atoms with van der Waals surface area (Å²) in [5.74, 6) is 1.74. The monoisotopic (exact) mass is 206 g/mol. The number of ketones is 2. The third kappa shape index (κ3) is 2.36. The molecule has 0 aliphatic heterocycles. The van der Waals surface area contributed by atoms with Crippen LogP contribution in [0.3, 0.4) is 0 Å². The van der Waals surface area contributed by atoms with Gasteiger partial charge in [-0.15, -0.1) is 0 Å². The summed E-state index contributed by atoms with van der Waals surface area (Å²) in [6.45, 7) is 1.56. The molecule has 82 valence electrons. The fourth-order valence-electron chi connectivity index (χ4n) is 2.79. The van der Waals surface area contributed by atoms with Gasteiger partial charge in [0.2, 0.25) is 0 Å². The molecule has 2 heteroatoms. The van der Waals surface area contributed by atoms with Crippen molar-refractivity contribution in [2.75, 3.05) is 0 Å². The third-order valence-corrected chi connectivity index (χ3v) is 3.71. The van der Waals surface area contributed by atoms with Crippen molar-refractivity contribution >= 4 is 11.6 Å². The topological polar surface area (TPSA) is 34.1 Å². The molecule has 1 saturated carbocycles. The molecule has 0 N–H and O–H groups in total. The van der Waals surface area contributed by atoms with Gasteiger partial charge in [-0.3, -0.25) is 4.79 Å². The number of carbonyl (C=O) groups is 2. The van der Waals surface area contributed by atoms with Crippen molar-refractivity contribution in [3.63, 3.8) is 0 Å². The van der Waals surface area contributed by atoms with Crippen LogP contribution in [0.15, 0.2) is 12.2 Å². The molecule has 0 spiro atoms. The quantitative estimate of drug-likeness (QED) is 0.662. The zero-order valence-electron chi connectivity index (χ0n) is 9.24. The van der Waals surface area contributed by atoms with Gasteiger partial charge < -0.3 is 4.79 Å². The highest BCUT2D eigenvalue weighted by Gasteiger charge is 2.35. The number of fused-ring (bicyclic) bond motifs is 2. The molecule has 3 unspecified atom stereocenters. The zero-order chi connectivity index (χ0) is 10.8. The molecule has 0 heterocycles. The van der Waals surface area contributed by atoms with Gasteiger partial charge in [0, 0.05) is 18.8 Å². The molecule has 0 aromatic rings. The Hall–Kier alpha value is -0.920. The highest BCUT2D eigenvalue weighted by molar-refractivity contribution is 5.86. The van der Waals surface area contributed by atoms with Crippen LogP contribution in [-0.2, 0) is 9.59 Å². The van der Waals surface area contributed by atoms with Crippen molar-refractivity contribution in [3.05, 3.63) is 12.2 Å². The summed E-state index contributed by atoms with van der Waals surface area (Å²) < 4.78 is 0. The first kappa shape index (κ1) is 10.6. The molecule has 0 radical (unpaired) electrons. The lowest BCUT2D eigenvalue weighted by Crippen LogP contribution is -2.32. The second-order valence-electron chi connectivity index (χ2n) is 4.90. The fourth-order valence-corrected chi connectivity index (χ4v) is 2.79. The molecule has 0 amide bonds. The van der Waals surface area contributed by atoms with Crippen LogP contribution in [0.1, 0.15) is 39.0 Å². The molecule has 3 atom stereocenters. The van der Waals surface area contributed by atoms with Gasteiger partial charge in [-0.25, -0.2) is 0 Å². The molecule has 3 aliphatic carbocycles. The Bertz CT molecular complexity index is 304. The van der Waals surface area contributed by atoms with Crippen LogP contribution in [0.4, 0.5) is 0 Å². The van der Waals surface area contributed by atoms with Crippen molar-refractivity contribution in [1.29, 1.82) is 0 Å². The maximum Gasteiger partial charge on any atom is 0.137 e. The average Bonchev–Trinajstić information content (AvgIpc) is 2.27. The van der Waals surface area contributed by atoms with E-state index >= 15 is 0 Å². The first-order valence-electron chi connectivity index (χ1n) is 5.87. The number of Topliss-reactive ketones (excluding diaryl/α,β-unsaturated/α-hetero) is 2. The Balaban J connectivity index is 1.91. The number of carbonyl (C=O) groups excluding carboxylic acids is 2. The fraction of sp³-hybridized carbons (Fsp3) is 0.692. The predicted molar refractivity (Wildman–Crippen MR) is 58.4 cm³/mol. The Morgan fingerprint density at radius 3 is 2.47 bits per heavy atom. The molecule has 2 nitrogen and oxygen atoms in total. The van der Waals surface area contributed by atoms with E-state index in [0.717, 1.165) is 12.8 Å². The minimum absolute atomic E-state index is 0.125. The predicted octanol–water partition coefficient (Wildman–Crippen LogP) is 2.53. The number of allylic oxidation sites excluding steroid dienone is 2. The summed E-state index contributed by atoms with van der Waals surface area (Å²) in [5.41, 5.74) is 0. The molecular weight excluding hydrogens is 188 g/mol. The molecule has 0 aromatic carbocycles. The highest BCUT2D eigenvalue weighted by Crippen LogP contribution is 2.41. The lowest BCUT2D eigenvalue weighted by atomic mass is 9.67. The molecule has 0 aromatic heterocycles. The Morgan fingerprint density at radius 1 is 1.20 bits per heavy atom. The van der Waals surface area contributed by atoms with Crippen LogP contribution < -0.4 is 0 Å². The smallest absolute Gasteiger partial charge is 0.137 e. The maximum absolute atomic E-state index is 11.9. The largest absolute Gasteiger partial charge is 0.300 e. The van der Waals surface area contributed by atoms with Crippen molar-refractivity contribution in [2.45, 2.75) is 39.0 Å². The van der Waals surface area contributed by atoms with Crippen LogP contribution in [0.25, 0.3) is 0 Å². The van der Waals surface area contributed by atoms with Gasteiger partial charge in [-0.05, 0) is 38.0 Å². The van der Waals surface area contributed by atoms with Crippen molar-refractivity contribution in [3.8, 4) is 0 Å². The normalized spacial score (nSPS) is 33.0. The molecular formula is C13H18O2. The van der Waals surface area contributed by atoms with Gasteiger partial charge in [-0.1, -0.05) is 12.2 Å². The Kier molecular flexibility index (Phi) is 3.03. The molecule has 1 fully saturated rings. The van der Waals surface area contributed by atoms with Crippen molar-refractivity contribution < 1.29 is 9.59 Å². The second kappa shape index (κ2) is 4.30. The third-order valence-electron chi connectivity index (χ3n) is 3.71. The maximum atomic E-state index is 11.9. The van der Waals surface area contributed by atoms with Crippen LogP contribution in [0, 0.1) is 17.8 Å². The molecule has 2 bridgehead atoms. The van der Waals surface area contributed by atoms with Crippen LogP contribution >= 0.6 is 0 Å². The summed E-state index contributed by atoms with van der Waals surface area (Å²) >= 11 is 0. The summed E-state index contributed by atoms with van der Waals surface area (Å²) in [7, 11) is 0. The second-order valence-corrected chi connectivity index (χ2v) is 4.90. The standard InChI is InChI=1S/C13H18O2/c1-9(14)2-7-13(15)12-8-10-3-5-11(12)6-4-10/h3,5,10-12H,2,4,6-8H2,1H3. The summed E-state index contributed by atoms with van der Waals surface area (Å²) in [4.78, 5) is 22.7. The van der Waals surface area contributed by atoms with Crippen LogP contribution in [0.2, 0.25) is 0 Å². The molecule has 3 rings (SSSR count). The average molecular weight is 206 g/mol. The lowest BCUT2D eigenvalue weighted by Gasteiger charge is -2.37. The van der Waals surface area contributed by atoms with Gasteiger partial charge >= 0.3 is 0 Å². The first-order chi connectivity index (χ1) is 7.16. The van der Waals surface area contributed by atoms with Gasteiger partial charge in [-0.2, -0.15) is 0 Å². The molecule has 0 saturated heterocycles. The highest BCUT2D eigenvalue weighted by atomic mass is 16.1. The van der Waals surface area contributed by atoms with Crippen molar-refractivity contribution in [2.24, 2.45) is 17.8 Å². The summed E-state index contributed by atoms with van der Waals surface area (Å²) in [5, 5.41) is 0. The van der Waals surface area contributed by atoms with E-state index < -0.39 is 0 Å². The lowest BCUT2D eigenvalue weighted by molar-refractivity contribution is -0.128. The van der Waals surface area contributed by atoms with E-state index in [9.17, 15) is 9.59 Å². The minimum atomic E-state index is 0.125. The van der Waals surface area contributed by atoms with Crippen LogP contribution in [-0.4, -0.2) is 11.6 Å². The van der Waals surface area contributed by atoms with E-state index in [1.54, 1.807) is 6.92 Å². The Labute approximate surface area is 90.7 Å². The number of hydrogen-bond acceptors (Lipinski definition) is 2. The number of hydrogen-bond donors (Lipinski definition) is 0. The van der Waals surface area contributed by atoms with Gasteiger partial charge in [0.05, 0.1) is 0 Å². The van der Waals surface area contributed by atoms with Gasteiger partial charge in [0.15, 0.2) is 0 Å².